The molecule has 0 atom stereocenters. The van der Waals surface area contributed by atoms with Crippen LogP contribution < -0.4 is 4.90 Å². The van der Waals surface area contributed by atoms with Gasteiger partial charge in [0.1, 0.15) is 11.4 Å². The Bertz CT molecular complexity index is 851. The second kappa shape index (κ2) is 7.73. The number of hydrogen-bond donors (Lipinski definition) is 2. The number of methoxy groups -OCH3 is 1. The molecule has 144 valence electrons. The first-order chi connectivity index (χ1) is 13.0. The van der Waals surface area contributed by atoms with E-state index in [1.54, 1.807) is 24.0 Å². The molecule has 0 radical (unpaired) electrons. The van der Waals surface area contributed by atoms with Gasteiger partial charge >= 0.3 is 5.97 Å². The number of nitrogens with one attached hydrogen (secondary N) is 1. The molecule has 3 rings (SSSR count). The number of hydrogen-bond acceptors (Lipinski definition) is 5. The summed E-state index contributed by atoms with van der Waals surface area (Å²) in [5.74, 6) is -0.300. The number of aryl methyl sites for hydroxylation is 1. The van der Waals surface area contributed by atoms with Crippen LogP contribution in [0, 0.1) is 6.92 Å². The van der Waals surface area contributed by atoms with E-state index in [2.05, 4.69) is 9.88 Å². The van der Waals surface area contributed by atoms with Crippen molar-refractivity contribution in [3.8, 4) is 5.75 Å². The van der Waals surface area contributed by atoms with Crippen molar-refractivity contribution >= 4 is 17.6 Å². The van der Waals surface area contributed by atoms with Crippen LogP contribution in [0.25, 0.3) is 0 Å². The molecule has 1 fully saturated rings. The van der Waals surface area contributed by atoms with E-state index < -0.39 is 5.97 Å². The molecule has 2 aromatic rings. The van der Waals surface area contributed by atoms with Crippen LogP contribution >= 0.6 is 0 Å². The molecule has 1 aliphatic heterocycles. The number of phenolic OH excluding ortho intramolecular Hbond substituents is 1. The lowest BCUT2D eigenvalue weighted by Gasteiger charge is -2.36. The third-order valence-corrected chi connectivity index (χ3v) is 5.07. The van der Waals surface area contributed by atoms with Gasteiger partial charge in [-0.25, -0.2) is 4.79 Å². The zero-order valence-electron chi connectivity index (χ0n) is 15.9. The molecule has 7 heteroatoms. The fourth-order valence-corrected chi connectivity index (χ4v) is 3.56. The van der Waals surface area contributed by atoms with Crippen LogP contribution in [0.1, 0.15) is 39.0 Å². The zero-order valence-corrected chi connectivity index (χ0v) is 15.9. The predicted molar refractivity (Wildman–Crippen MR) is 102 cm³/mol. The maximum atomic E-state index is 13.0. The van der Waals surface area contributed by atoms with Crippen LogP contribution in [0.5, 0.6) is 5.75 Å². The van der Waals surface area contributed by atoms with E-state index in [1.165, 1.54) is 7.11 Å². The smallest absolute Gasteiger partial charge is 0.339 e. The molecule has 0 saturated carbocycles. The molecule has 1 amide bonds. The van der Waals surface area contributed by atoms with E-state index in [-0.39, 0.29) is 11.7 Å². The summed E-state index contributed by atoms with van der Waals surface area (Å²) in [5, 5.41) is 10.0. The number of phenols is 1. The van der Waals surface area contributed by atoms with Crippen molar-refractivity contribution in [2.24, 2.45) is 0 Å². The number of ether oxygens (including phenoxy) is 1. The zero-order chi connectivity index (χ0) is 19.6. The molecule has 0 unspecified atom stereocenters. The normalized spacial score (nSPS) is 14.3. The van der Waals surface area contributed by atoms with Gasteiger partial charge in [-0.15, -0.1) is 0 Å². The second-order valence-corrected chi connectivity index (χ2v) is 6.59. The van der Waals surface area contributed by atoms with Gasteiger partial charge in [0.05, 0.1) is 18.4 Å². The number of nitrogens with zero attached hydrogens (tertiary/aromatic N) is 2. The molecule has 1 saturated heterocycles. The first-order valence-corrected chi connectivity index (χ1v) is 9.09. The Hall–Kier alpha value is -2.96. The minimum Gasteiger partial charge on any atom is -0.506 e. The monoisotopic (exact) mass is 371 g/mol. The van der Waals surface area contributed by atoms with Crippen molar-refractivity contribution in [3.63, 3.8) is 0 Å². The molecule has 1 aromatic carbocycles. The highest BCUT2D eigenvalue weighted by molar-refractivity contribution is 6.00. The summed E-state index contributed by atoms with van der Waals surface area (Å²) in [7, 11) is 1.34. The van der Waals surface area contributed by atoms with Crippen LogP contribution in [-0.2, 0) is 11.2 Å². The van der Waals surface area contributed by atoms with E-state index in [9.17, 15) is 14.7 Å². The van der Waals surface area contributed by atoms with Crippen molar-refractivity contribution in [2.75, 3.05) is 38.2 Å². The Morgan fingerprint density at radius 3 is 2.44 bits per heavy atom. The summed E-state index contributed by atoms with van der Waals surface area (Å²) in [4.78, 5) is 32.0. The van der Waals surface area contributed by atoms with E-state index in [1.807, 2.05) is 19.1 Å². The first kappa shape index (κ1) is 18.8. The molecule has 27 heavy (non-hydrogen) atoms. The van der Waals surface area contributed by atoms with Gasteiger partial charge in [-0.1, -0.05) is 19.1 Å². The van der Waals surface area contributed by atoms with E-state index in [0.717, 1.165) is 11.4 Å². The van der Waals surface area contributed by atoms with E-state index in [0.29, 0.717) is 49.4 Å². The number of H-pyrrole nitrogens is 1. The summed E-state index contributed by atoms with van der Waals surface area (Å²) in [6, 6.07) is 7.21. The SMILES string of the molecule is CCc1[nH]c(C(=O)N2CCN(c3ccccc3O)CC2)c(C)c1C(=O)OC. The van der Waals surface area contributed by atoms with Crippen molar-refractivity contribution < 1.29 is 19.4 Å². The predicted octanol–water partition coefficient (Wildman–Crippen LogP) is 2.34. The number of anilines is 1. The molecular weight excluding hydrogens is 346 g/mol. The highest BCUT2D eigenvalue weighted by Gasteiger charge is 2.29. The van der Waals surface area contributed by atoms with Gasteiger partial charge in [-0.2, -0.15) is 0 Å². The van der Waals surface area contributed by atoms with Gasteiger partial charge in [-0.3, -0.25) is 4.79 Å². The molecule has 0 bridgehead atoms. The number of para-hydroxylation sites is 2. The quantitative estimate of drug-likeness (QED) is 0.806. The largest absolute Gasteiger partial charge is 0.506 e. The van der Waals surface area contributed by atoms with Crippen LogP contribution in [0.2, 0.25) is 0 Å². The molecular formula is C20H25N3O4. The van der Waals surface area contributed by atoms with Gasteiger partial charge in [-0.05, 0) is 31.0 Å². The van der Waals surface area contributed by atoms with Gasteiger partial charge in [0.25, 0.3) is 5.91 Å². The van der Waals surface area contributed by atoms with Crippen molar-refractivity contribution in [3.05, 3.63) is 46.8 Å². The minimum atomic E-state index is -0.427. The Morgan fingerprint density at radius 2 is 1.85 bits per heavy atom. The second-order valence-electron chi connectivity index (χ2n) is 6.59. The van der Waals surface area contributed by atoms with Crippen LogP contribution in [0.4, 0.5) is 5.69 Å². The highest BCUT2D eigenvalue weighted by atomic mass is 16.5. The van der Waals surface area contributed by atoms with Gasteiger partial charge < -0.3 is 24.6 Å². The number of rotatable bonds is 4. The number of benzene rings is 1. The Morgan fingerprint density at radius 1 is 1.19 bits per heavy atom. The van der Waals surface area contributed by atoms with Crippen molar-refractivity contribution in [1.82, 2.24) is 9.88 Å². The summed E-state index contributed by atoms with van der Waals surface area (Å²) >= 11 is 0. The summed E-state index contributed by atoms with van der Waals surface area (Å²) in [6.07, 6.45) is 0.611. The lowest BCUT2D eigenvalue weighted by Crippen LogP contribution is -2.49. The number of aromatic hydroxyl groups is 1. The van der Waals surface area contributed by atoms with Crippen molar-refractivity contribution in [2.45, 2.75) is 20.3 Å². The third kappa shape index (κ3) is 3.49. The van der Waals surface area contributed by atoms with E-state index >= 15 is 0 Å². The van der Waals surface area contributed by atoms with Crippen LogP contribution in [-0.4, -0.2) is 60.2 Å². The van der Waals surface area contributed by atoms with Gasteiger partial charge in [0.15, 0.2) is 0 Å². The number of esters is 1. The number of carbonyl (C=O) groups excluding carboxylic acids is 2. The number of aromatic amines is 1. The standard InChI is InChI=1S/C20H25N3O4/c1-4-14-17(20(26)27-3)13(2)18(21-14)19(25)23-11-9-22(10-12-23)15-7-5-6-8-16(15)24/h5-8,21,24H,4,9-12H2,1-3H3. The molecule has 0 aliphatic carbocycles. The fraction of sp³-hybridized carbons (Fsp3) is 0.400. The van der Waals surface area contributed by atoms with Crippen LogP contribution in [0.3, 0.4) is 0 Å². The lowest BCUT2D eigenvalue weighted by atomic mass is 10.1. The molecule has 1 aliphatic rings. The lowest BCUT2D eigenvalue weighted by molar-refractivity contribution is 0.0599. The number of amides is 1. The topological polar surface area (TPSA) is 85.9 Å². The molecule has 0 spiro atoms. The Kier molecular flexibility index (Phi) is 5.39. The van der Waals surface area contributed by atoms with Gasteiger partial charge in [0, 0.05) is 31.9 Å². The summed E-state index contributed by atoms with van der Waals surface area (Å²) in [6.45, 7) is 6.05. The molecule has 2 N–H and O–H groups in total. The minimum absolute atomic E-state index is 0.116. The maximum Gasteiger partial charge on any atom is 0.339 e. The Labute approximate surface area is 158 Å². The first-order valence-electron chi connectivity index (χ1n) is 9.09. The number of piperazine rings is 1. The fourth-order valence-electron chi connectivity index (χ4n) is 3.56. The molecule has 1 aromatic heterocycles. The average molecular weight is 371 g/mol. The molecule has 7 nitrogen and oxygen atoms in total. The maximum absolute atomic E-state index is 13.0. The average Bonchev–Trinajstić information content (AvgIpc) is 3.03. The molecule has 2 heterocycles. The van der Waals surface area contributed by atoms with Gasteiger partial charge in [0.2, 0.25) is 0 Å². The summed E-state index contributed by atoms with van der Waals surface area (Å²) < 4.78 is 4.86. The van der Waals surface area contributed by atoms with Crippen molar-refractivity contribution in [1.29, 1.82) is 0 Å². The number of aromatic nitrogens is 1. The third-order valence-electron chi connectivity index (χ3n) is 5.07. The number of carbonyl (C=O) groups is 2. The summed E-state index contributed by atoms with van der Waals surface area (Å²) in [5.41, 5.74) is 3.03. The highest BCUT2D eigenvalue weighted by Crippen LogP contribution is 2.28. The van der Waals surface area contributed by atoms with E-state index in [4.69, 9.17) is 4.74 Å². The Balaban J connectivity index is 1.76. The van der Waals surface area contributed by atoms with Crippen LogP contribution in [0.15, 0.2) is 24.3 Å².